The average molecular weight is 368 g/mol. The highest BCUT2D eigenvalue weighted by Gasteiger charge is 2.35. The Bertz CT molecular complexity index is 678. The van der Waals surface area contributed by atoms with Crippen molar-refractivity contribution in [2.45, 2.75) is 24.9 Å². The van der Waals surface area contributed by atoms with Crippen molar-refractivity contribution in [2.24, 2.45) is 5.73 Å². The summed E-state index contributed by atoms with van der Waals surface area (Å²) in [7, 11) is -1.57. The minimum absolute atomic E-state index is 0.0492. The van der Waals surface area contributed by atoms with Gasteiger partial charge in [0.1, 0.15) is 29.2 Å². The van der Waals surface area contributed by atoms with Gasteiger partial charge < -0.3 is 40.7 Å². The second-order valence-corrected chi connectivity index (χ2v) is 6.04. The molecule has 1 amide bonds. The highest BCUT2D eigenvalue weighted by Crippen LogP contribution is 2.33. The van der Waals surface area contributed by atoms with Gasteiger partial charge in [-0.3, -0.25) is 4.79 Å². The van der Waals surface area contributed by atoms with Gasteiger partial charge in [0, 0.05) is 0 Å². The minimum atomic E-state index is -1.57. The molecule has 11 heteroatoms. The molecule has 1 aliphatic rings. The van der Waals surface area contributed by atoms with Gasteiger partial charge in [0.05, 0.1) is 19.7 Å². The number of nitrogens with zero attached hydrogens (tertiary/aromatic N) is 1. The van der Waals surface area contributed by atoms with E-state index in [1.807, 2.05) is 0 Å². The number of amides is 1. The molecule has 0 aliphatic carbocycles. The normalized spacial score (nSPS) is 15.3. The second kappa shape index (κ2) is 8.36. The molecule has 0 unspecified atom stereocenters. The first-order valence-electron chi connectivity index (χ1n) is 8.00. The number of rotatable bonds is 8. The van der Waals surface area contributed by atoms with Crippen LogP contribution >= 0.6 is 0 Å². The van der Waals surface area contributed by atoms with Crippen LogP contribution in [0.25, 0.3) is 0 Å². The number of ether oxygens (including phenoxy) is 1. The van der Waals surface area contributed by atoms with Crippen molar-refractivity contribution in [2.75, 3.05) is 19.7 Å². The highest BCUT2D eigenvalue weighted by atomic mass is 16.5. The van der Waals surface area contributed by atoms with Crippen LogP contribution in [0.15, 0.2) is 12.1 Å². The summed E-state index contributed by atoms with van der Waals surface area (Å²) < 4.78 is 5.56. The Kier molecular flexibility index (Phi) is 6.43. The molecule has 0 bridgehead atoms. The molecule has 0 aromatic heterocycles. The van der Waals surface area contributed by atoms with E-state index in [1.165, 1.54) is 17.0 Å². The number of nitrogens with two attached hydrogens (primary N) is 1. The van der Waals surface area contributed by atoms with E-state index in [0.717, 1.165) is 0 Å². The number of hydrogen-bond donors (Lipinski definition) is 6. The van der Waals surface area contributed by atoms with E-state index in [4.69, 9.17) is 25.6 Å². The van der Waals surface area contributed by atoms with Crippen LogP contribution < -0.4 is 10.5 Å². The summed E-state index contributed by atoms with van der Waals surface area (Å²) in [4.78, 5) is 24.6. The van der Waals surface area contributed by atoms with E-state index < -0.39 is 49.1 Å². The van der Waals surface area contributed by atoms with Crippen molar-refractivity contribution in [3.05, 3.63) is 23.3 Å². The molecule has 142 valence electrons. The zero-order valence-corrected chi connectivity index (χ0v) is 13.9. The number of likely N-dealkylation sites (tertiary alicyclic amines) is 1. The number of aliphatic hydroxyl groups is 1. The fourth-order valence-electron chi connectivity index (χ4n) is 2.59. The first-order chi connectivity index (χ1) is 12.2. The summed E-state index contributed by atoms with van der Waals surface area (Å²) in [6.45, 7) is -0.0997. The molecule has 1 heterocycles. The maximum atomic E-state index is 11.8. The quantitative estimate of drug-likeness (QED) is 0.284. The lowest BCUT2D eigenvalue weighted by atomic mass is 9.82. The van der Waals surface area contributed by atoms with Gasteiger partial charge in [-0.2, -0.15) is 0 Å². The largest absolute Gasteiger partial charge is 0.507 e. The maximum absolute atomic E-state index is 11.8. The lowest BCUT2D eigenvalue weighted by Crippen LogP contribution is -2.60. The molecule has 1 aliphatic heterocycles. The van der Waals surface area contributed by atoms with Gasteiger partial charge >= 0.3 is 13.1 Å². The number of aromatic hydroxyl groups is 1. The van der Waals surface area contributed by atoms with E-state index in [1.54, 1.807) is 0 Å². The molecule has 0 spiro atoms. The lowest BCUT2D eigenvalue weighted by molar-refractivity contribution is -0.142. The molecule has 0 saturated carbocycles. The molecule has 1 aromatic carbocycles. The molecule has 1 atom stereocenters. The van der Waals surface area contributed by atoms with Crippen LogP contribution in [0, 0.1) is 0 Å². The van der Waals surface area contributed by atoms with Crippen LogP contribution in [0.2, 0.25) is 6.32 Å². The predicted molar refractivity (Wildman–Crippen MR) is 89.8 cm³/mol. The van der Waals surface area contributed by atoms with Crippen LogP contribution in [-0.4, -0.2) is 81.1 Å². The fourth-order valence-corrected chi connectivity index (χ4v) is 2.59. The molecule has 1 aromatic rings. The average Bonchev–Trinajstić information content (AvgIpc) is 2.54. The van der Waals surface area contributed by atoms with Crippen molar-refractivity contribution in [1.82, 2.24) is 4.90 Å². The molecule has 26 heavy (non-hydrogen) atoms. The molecule has 7 N–H and O–H groups in total. The van der Waals surface area contributed by atoms with Gasteiger partial charge in [-0.1, -0.05) is 6.07 Å². The van der Waals surface area contributed by atoms with Crippen LogP contribution in [0.1, 0.15) is 15.9 Å². The number of aromatic carboxylic acids is 1. The van der Waals surface area contributed by atoms with E-state index in [2.05, 4.69) is 0 Å². The van der Waals surface area contributed by atoms with Crippen molar-refractivity contribution in [1.29, 1.82) is 0 Å². The molecular formula is C15H21BN2O8. The third kappa shape index (κ3) is 4.44. The van der Waals surface area contributed by atoms with Crippen molar-refractivity contribution in [3.8, 4) is 11.5 Å². The van der Waals surface area contributed by atoms with Crippen molar-refractivity contribution < 1.29 is 39.7 Å². The third-order valence-corrected chi connectivity index (χ3v) is 4.08. The first-order valence-corrected chi connectivity index (χ1v) is 8.00. The van der Waals surface area contributed by atoms with Crippen LogP contribution in [0.3, 0.4) is 0 Å². The van der Waals surface area contributed by atoms with Gasteiger partial charge in [0.15, 0.2) is 0 Å². The third-order valence-electron chi connectivity index (χ3n) is 4.08. The number of hydrogen-bond acceptors (Lipinski definition) is 8. The summed E-state index contributed by atoms with van der Waals surface area (Å²) in [5.74, 6) is -2.36. The Labute approximate surface area is 149 Å². The molecule has 10 nitrogen and oxygen atoms in total. The predicted octanol–water partition coefficient (Wildman–Crippen LogP) is -1.99. The van der Waals surface area contributed by atoms with Gasteiger partial charge in [-0.25, -0.2) is 4.79 Å². The summed E-state index contributed by atoms with van der Waals surface area (Å²) in [5, 5.41) is 46.2. The summed E-state index contributed by atoms with van der Waals surface area (Å²) in [5.41, 5.74) is 5.27. The lowest BCUT2D eigenvalue weighted by Gasteiger charge is -2.40. The highest BCUT2D eigenvalue weighted by molar-refractivity contribution is 6.41. The zero-order valence-electron chi connectivity index (χ0n) is 13.9. The Morgan fingerprint density at radius 2 is 2.00 bits per heavy atom. The zero-order chi connectivity index (χ0) is 19.4. The van der Waals surface area contributed by atoms with E-state index in [-0.39, 0.29) is 37.1 Å². The standard InChI is InChI=1S/C15H21BN2O8/c17-10(7-19)14(21)18-5-9(6-18)26-11-2-1-8(3-4-16(24)25)13(20)12(11)15(22)23/h1-2,9-10,19-20,24-25H,3-7,17H2,(H,22,23)/t10-/m0/s1. The SMILES string of the molecule is N[C@@H](CO)C(=O)N1CC(Oc2ccc(CCB(O)O)c(O)c2C(=O)O)C1. The number of carbonyl (C=O) groups excluding carboxylic acids is 1. The minimum Gasteiger partial charge on any atom is -0.507 e. The van der Waals surface area contributed by atoms with Crippen LogP contribution in [0.4, 0.5) is 0 Å². The Morgan fingerprint density at radius 3 is 2.54 bits per heavy atom. The number of carboxylic acid groups (broad SMARTS) is 1. The fraction of sp³-hybridized carbons (Fsp3) is 0.467. The smallest absolute Gasteiger partial charge is 0.451 e. The van der Waals surface area contributed by atoms with Gasteiger partial charge in [-0.15, -0.1) is 0 Å². The number of phenols is 1. The summed E-state index contributed by atoms with van der Waals surface area (Å²) in [6, 6.07) is 1.82. The van der Waals surface area contributed by atoms with E-state index in [9.17, 15) is 19.8 Å². The Morgan fingerprint density at radius 1 is 1.35 bits per heavy atom. The monoisotopic (exact) mass is 368 g/mol. The second-order valence-electron chi connectivity index (χ2n) is 6.04. The maximum Gasteiger partial charge on any atom is 0.451 e. The van der Waals surface area contributed by atoms with Crippen LogP contribution in [0.5, 0.6) is 11.5 Å². The molecule has 1 saturated heterocycles. The number of carboxylic acids is 1. The number of benzene rings is 1. The van der Waals surface area contributed by atoms with E-state index >= 15 is 0 Å². The molecule has 1 fully saturated rings. The first kappa shape index (κ1) is 20.0. The van der Waals surface area contributed by atoms with E-state index in [0.29, 0.717) is 0 Å². The van der Waals surface area contributed by atoms with Gasteiger partial charge in [0.2, 0.25) is 5.91 Å². The Hall–Kier alpha value is -2.34. The topological polar surface area (TPSA) is 174 Å². The van der Waals surface area contributed by atoms with Crippen LogP contribution in [-0.2, 0) is 11.2 Å². The van der Waals surface area contributed by atoms with Crippen molar-refractivity contribution in [3.63, 3.8) is 0 Å². The summed E-state index contributed by atoms with van der Waals surface area (Å²) >= 11 is 0. The van der Waals surface area contributed by atoms with Crippen molar-refractivity contribution >= 4 is 19.0 Å². The molecule has 2 rings (SSSR count). The molecule has 0 radical (unpaired) electrons. The number of aliphatic hydroxyl groups excluding tert-OH is 1. The number of aryl methyl sites for hydroxylation is 1. The number of carbonyl (C=O) groups is 2. The summed E-state index contributed by atoms with van der Waals surface area (Å²) in [6.07, 6.45) is -0.445. The Balaban J connectivity index is 2.07. The van der Waals surface area contributed by atoms with Gasteiger partial charge in [-0.05, 0) is 24.4 Å². The van der Waals surface area contributed by atoms with Gasteiger partial charge in [0.25, 0.3) is 0 Å². The molecular weight excluding hydrogens is 347 g/mol.